The minimum Gasteiger partial charge on any atom is -0.316 e. The molecule has 2 heterocycles. The molecule has 104 valence electrons. The Labute approximate surface area is 112 Å². The molecule has 0 aromatic heterocycles. The van der Waals surface area contributed by atoms with Gasteiger partial charge in [0.05, 0.1) is 0 Å². The third-order valence-electron chi connectivity index (χ3n) is 4.71. The first kappa shape index (κ1) is 13.0. The zero-order chi connectivity index (χ0) is 13.4. The van der Waals surface area contributed by atoms with Crippen molar-refractivity contribution in [1.29, 1.82) is 0 Å². The molecule has 4 heteroatoms. The van der Waals surface area contributed by atoms with E-state index in [1.807, 2.05) is 0 Å². The minimum atomic E-state index is -0.769. The van der Waals surface area contributed by atoms with Crippen LogP contribution in [-0.2, 0) is 0 Å². The van der Waals surface area contributed by atoms with Crippen molar-refractivity contribution in [3.63, 3.8) is 0 Å². The number of halogens is 2. The first-order chi connectivity index (χ1) is 9.15. The van der Waals surface area contributed by atoms with E-state index in [-0.39, 0.29) is 6.04 Å². The van der Waals surface area contributed by atoms with Crippen molar-refractivity contribution >= 4 is 0 Å². The van der Waals surface area contributed by atoms with E-state index in [4.69, 9.17) is 0 Å². The van der Waals surface area contributed by atoms with Crippen molar-refractivity contribution in [2.45, 2.75) is 19.4 Å². The lowest BCUT2D eigenvalue weighted by molar-refractivity contribution is 0.111. The maximum atomic E-state index is 13.3. The van der Waals surface area contributed by atoms with Crippen molar-refractivity contribution in [3.8, 4) is 0 Å². The summed E-state index contributed by atoms with van der Waals surface area (Å²) in [7, 11) is 0. The van der Waals surface area contributed by atoms with Crippen LogP contribution >= 0.6 is 0 Å². The topological polar surface area (TPSA) is 15.3 Å². The first-order valence-corrected chi connectivity index (χ1v) is 7.05. The number of nitrogens with one attached hydrogen (secondary N) is 1. The molecule has 3 atom stereocenters. The van der Waals surface area contributed by atoms with E-state index in [2.05, 4.69) is 17.1 Å². The number of benzene rings is 1. The molecular formula is C15H20F2N2. The van der Waals surface area contributed by atoms with Gasteiger partial charge in [0, 0.05) is 12.6 Å². The number of piperidine rings is 1. The number of nitrogens with zero attached hydrogens (tertiary/aromatic N) is 1. The molecule has 2 aliphatic heterocycles. The van der Waals surface area contributed by atoms with E-state index < -0.39 is 11.6 Å². The van der Waals surface area contributed by atoms with Gasteiger partial charge in [-0.15, -0.1) is 0 Å². The van der Waals surface area contributed by atoms with Gasteiger partial charge in [-0.05, 0) is 62.5 Å². The van der Waals surface area contributed by atoms with Crippen LogP contribution in [0.4, 0.5) is 8.78 Å². The van der Waals surface area contributed by atoms with Gasteiger partial charge in [0.25, 0.3) is 0 Å². The van der Waals surface area contributed by atoms with Gasteiger partial charge in [0.15, 0.2) is 11.6 Å². The molecule has 19 heavy (non-hydrogen) atoms. The summed E-state index contributed by atoms with van der Waals surface area (Å²) in [5.41, 5.74) is 0.864. The number of hydrogen-bond acceptors (Lipinski definition) is 2. The largest absolute Gasteiger partial charge is 0.316 e. The predicted octanol–water partition coefficient (Wildman–Crippen LogP) is 2.57. The Morgan fingerprint density at radius 1 is 1.21 bits per heavy atom. The third-order valence-corrected chi connectivity index (χ3v) is 4.71. The molecule has 1 aromatic rings. The highest BCUT2D eigenvalue weighted by Gasteiger charge is 2.34. The molecule has 0 saturated carbocycles. The summed E-state index contributed by atoms with van der Waals surface area (Å²) in [6, 6.07) is 4.41. The standard InChI is InChI=1S/C15H20F2N2/c1-10(11-2-3-14(16)15(17)6-11)19-5-4-12-7-18-8-13(12)9-19/h2-3,6,10,12-13,18H,4-5,7-9H2,1H3. The van der Waals surface area contributed by atoms with Crippen LogP contribution in [0, 0.1) is 23.5 Å². The average molecular weight is 266 g/mol. The summed E-state index contributed by atoms with van der Waals surface area (Å²) in [5.74, 6) is -0.00804. The van der Waals surface area contributed by atoms with Crippen LogP contribution in [0.2, 0.25) is 0 Å². The molecule has 1 N–H and O–H groups in total. The Morgan fingerprint density at radius 2 is 2.00 bits per heavy atom. The summed E-state index contributed by atoms with van der Waals surface area (Å²) in [6.07, 6.45) is 1.20. The average Bonchev–Trinajstić information content (AvgIpc) is 2.88. The number of fused-ring (bicyclic) bond motifs is 1. The predicted molar refractivity (Wildman–Crippen MR) is 70.8 cm³/mol. The van der Waals surface area contributed by atoms with Crippen molar-refractivity contribution in [3.05, 3.63) is 35.4 Å². The van der Waals surface area contributed by atoms with Crippen molar-refractivity contribution in [1.82, 2.24) is 10.2 Å². The monoisotopic (exact) mass is 266 g/mol. The van der Waals surface area contributed by atoms with Crippen LogP contribution in [0.1, 0.15) is 24.9 Å². The molecule has 0 aliphatic carbocycles. The van der Waals surface area contributed by atoms with E-state index in [9.17, 15) is 8.78 Å². The van der Waals surface area contributed by atoms with Gasteiger partial charge in [-0.25, -0.2) is 8.78 Å². The van der Waals surface area contributed by atoms with Gasteiger partial charge in [-0.3, -0.25) is 4.90 Å². The molecule has 2 nitrogen and oxygen atoms in total. The van der Waals surface area contributed by atoms with E-state index in [1.54, 1.807) is 6.07 Å². The molecule has 3 rings (SSSR count). The summed E-state index contributed by atoms with van der Waals surface area (Å²) in [6.45, 7) is 6.40. The molecule has 0 spiro atoms. The Morgan fingerprint density at radius 3 is 2.79 bits per heavy atom. The molecular weight excluding hydrogens is 246 g/mol. The Bertz CT molecular complexity index is 463. The van der Waals surface area contributed by atoms with Crippen LogP contribution in [0.25, 0.3) is 0 Å². The van der Waals surface area contributed by atoms with E-state index in [1.165, 1.54) is 18.6 Å². The van der Waals surface area contributed by atoms with Crippen LogP contribution in [0.5, 0.6) is 0 Å². The maximum absolute atomic E-state index is 13.3. The van der Waals surface area contributed by atoms with Gasteiger partial charge in [0.1, 0.15) is 0 Å². The fraction of sp³-hybridized carbons (Fsp3) is 0.600. The molecule has 2 saturated heterocycles. The third kappa shape index (κ3) is 2.51. The molecule has 0 radical (unpaired) electrons. The number of rotatable bonds is 2. The molecule has 0 amide bonds. The molecule has 0 bridgehead atoms. The number of hydrogen-bond donors (Lipinski definition) is 1. The summed E-state index contributed by atoms with van der Waals surface area (Å²) < 4.78 is 26.3. The smallest absolute Gasteiger partial charge is 0.159 e. The Balaban J connectivity index is 1.72. The molecule has 1 aromatic carbocycles. The second-order valence-corrected chi connectivity index (χ2v) is 5.81. The second-order valence-electron chi connectivity index (χ2n) is 5.81. The summed E-state index contributed by atoms with van der Waals surface area (Å²) in [5, 5.41) is 3.44. The normalized spacial score (nSPS) is 29.2. The van der Waals surface area contributed by atoms with Gasteiger partial charge in [-0.1, -0.05) is 6.07 Å². The minimum absolute atomic E-state index is 0.150. The number of likely N-dealkylation sites (tertiary alicyclic amines) is 1. The van der Waals surface area contributed by atoms with Gasteiger partial charge in [0.2, 0.25) is 0 Å². The van der Waals surface area contributed by atoms with Gasteiger partial charge < -0.3 is 5.32 Å². The van der Waals surface area contributed by atoms with Gasteiger partial charge >= 0.3 is 0 Å². The quantitative estimate of drug-likeness (QED) is 0.885. The van der Waals surface area contributed by atoms with Crippen molar-refractivity contribution < 1.29 is 8.78 Å². The van der Waals surface area contributed by atoms with Crippen LogP contribution in [-0.4, -0.2) is 31.1 Å². The van der Waals surface area contributed by atoms with Crippen LogP contribution in [0.3, 0.4) is 0 Å². The first-order valence-electron chi connectivity index (χ1n) is 7.05. The highest BCUT2D eigenvalue weighted by molar-refractivity contribution is 5.21. The SMILES string of the molecule is CC(c1ccc(F)c(F)c1)N1CCC2CNCC2C1. The zero-order valence-corrected chi connectivity index (χ0v) is 11.2. The maximum Gasteiger partial charge on any atom is 0.159 e. The fourth-order valence-corrected chi connectivity index (χ4v) is 3.40. The summed E-state index contributed by atoms with van der Waals surface area (Å²) in [4.78, 5) is 2.39. The highest BCUT2D eigenvalue weighted by atomic mass is 19.2. The highest BCUT2D eigenvalue weighted by Crippen LogP contribution is 2.32. The lowest BCUT2D eigenvalue weighted by Gasteiger charge is -2.38. The molecule has 3 unspecified atom stereocenters. The van der Waals surface area contributed by atoms with Crippen LogP contribution in [0.15, 0.2) is 18.2 Å². The van der Waals surface area contributed by atoms with Crippen LogP contribution < -0.4 is 5.32 Å². The van der Waals surface area contributed by atoms with E-state index >= 15 is 0 Å². The van der Waals surface area contributed by atoms with E-state index in [0.717, 1.165) is 37.7 Å². The lowest BCUT2D eigenvalue weighted by Crippen LogP contribution is -2.41. The Kier molecular flexibility index (Phi) is 3.54. The Hall–Kier alpha value is -1.00. The van der Waals surface area contributed by atoms with Gasteiger partial charge in [-0.2, -0.15) is 0 Å². The zero-order valence-electron chi connectivity index (χ0n) is 11.2. The van der Waals surface area contributed by atoms with Crippen molar-refractivity contribution in [2.75, 3.05) is 26.2 Å². The summed E-state index contributed by atoms with van der Waals surface area (Å²) >= 11 is 0. The van der Waals surface area contributed by atoms with E-state index in [0.29, 0.717) is 5.92 Å². The fourth-order valence-electron chi connectivity index (χ4n) is 3.40. The molecule has 2 aliphatic rings. The molecule has 2 fully saturated rings. The lowest BCUT2D eigenvalue weighted by atomic mass is 9.87. The van der Waals surface area contributed by atoms with Crippen molar-refractivity contribution in [2.24, 2.45) is 11.8 Å². The second kappa shape index (κ2) is 5.17.